The molecule has 0 atom stereocenters. The third-order valence-electron chi connectivity index (χ3n) is 3.56. The summed E-state index contributed by atoms with van der Waals surface area (Å²) in [6.45, 7) is 1.70. The number of amides is 1. The zero-order valence-electron chi connectivity index (χ0n) is 15.3. The Morgan fingerprint density at radius 2 is 2.04 bits per heavy atom. The second-order valence-electron chi connectivity index (χ2n) is 5.72. The van der Waals surface area contributed by atoms with Crippen molar-refractivity contribution in [2.24, 2.45) is 0 Å². The maximum Gasteiger partial charge on any atom is 0.312 e. The van der Waals surface area contributed by atoms with Crippen molar-refractivity contribution < 1.29 is 23.6 Å². The van der Waals surface area contributed by atoms with Crippen LogP contribution in [-0.4, -0.2) is 34.1 Å². The number of aryl methyl sites for hydroxylation is 1. The van der Waals surface area contributed by atoms with Crippen LogP contribution in [0.5, 0.6) is 5.75 Å². The van der Waals surface area contributed by atoms with E-state index in [1.807, 2.05) is 12.3 Å². The minimum Gasteiger partial charge on any atom is -0.495 e. The molecule has 3 aromatic rings. The number of aromatic nitrogens is 3. The SMILES string of the molecule is COc1ccccc1NC(=O)Cc1noc(COC(=O)Cc2csc(C)n2)n1. The fraction of sp³-hybridized carbons (Fsp3) is 0.278. The number of benzene rings is 1. The van der Waals surface area contributed by atoms with Crippen molar-refractivity contribution in [3.05, 3.63) is 52.1 Å². The van der Waals surface area contributed by atoms with Crippen LogP contribution in [-0.2, 0) is 33.8 Å². The van der Waals surface area contributed by atoms with Crippen LogP contribution >= 0.6 is 11.3 Å². The second kappa shape index (κ2) is 9.09. The van der Waals surface area contributed by atoms with Crippen molar-refractivity contribution in [2.75, 3.05) is 12.4 Å². The zero-order valence-corrected chi connectivity index (χ0v) is 16.1. The van der Waals surface area contributed by atoms with Crippen LogP contribution in [0.2, 0.25) is 0 Å². The van der Waals surface area contributed by atoms with Gasteiger partial charge in [-0.05, 0) is 19.1 Å². The van der Waals surface area contributed by atoms with Gasteiger partial charge in [0.15, 0.2) is 12.4 Å². The van der Waals surface area contributed by atoms with Gasteiger partial charge in [0.2, 0.25) is 5.91 Å². The number of esters is 1. The molecule has 0 radical (unpaired) electrons. The maximum absolute atomic E-state index is 12.2. The van der Waals surface area contributed by atoms with E-state index in [4.69, 9.17) is 14.0 Å². The average molecular weight is 402 g/mol. The number of hydrogen-bond acceptors (Lipinski definition) is 9. The number of ether oxygens (including phenoxy) is 2. The number of methoxy groups -OCH3 is 1. The molecule has 0 aliphatic rings. The van der Waals surface area contributed by atoms with Gasteiger partial charge in [-0.15, -0.1) is 11.3 Å². The van der Waals surface area contributed by atoms with E-state index in [2.05, 4.69) is 20.4 Å². The van der Waals surface area contributed by atoms with Crippen LogP contribution in [0, 0.1) is 6.92 Å². The molecule has 0 fully saturated rings. The average Bonchev–Trinajstić information content (AvgIpc) is 3.29. The van der Waals surface area contributed by atoms with E-state index >= 15 is 0 Å². The Labute approximate surface area is 164 Å². The van der Waals surface area contributed by atoms with Crippen molar-refractivity contribution in [1.29, 1.82) is 0 Å². The summed E-state index contributed by atoms with van der Waals surface area (Å²) in [5, 5.41) is 9.14. The molecular formula is C18H18N4O5S. The Morgan fingerprint density at radius 1 is 1.21 bits per heavy atom. The van der Waals surface area contributed by atoms with Crippen LogP contribution in [0.4, 0.5) is 5.69 Å². The smallest absolute Gasteiger partial charge is 0.312 e. The molecular weight excluding hydrogens is 384 g/mol. The topological polar surface area (TPSA) is 116 Å². The largest absolute Gasteiger partial charge is 0.495 e. The highest BCUT2D eigenvalue weighted by molar-refractivity contribution is 7.09. The molecule has 3 rings (SSSR count). The number of nitrogens with one attached hydrogen (secondary N) is 1. The molecule has 0 saturated heterocycles. The first-order chi connectivity index (χ1) is 13.5. The quantitative estimate of drug-likeness (QED) is 0.571. The Bertz CT molecular complexity index is 968. The summed E-state index contributed by atoms with van der Waals surface area (Å²) in [5.41, 5.74) is 1.21. The van der Waals surface area contributed by atoms with Gasteiger partial charge in [-0.1, -0.05) is 17.3 Å². The highest BCUT2D eigenvalue weighted by atomic mass is 32.1. The molecule has 0 aliphatic heterocycles. The van der Waals surface area contributed by atoms with Crippen LogP contribution in [0.1, 0.15) is 22.4 Å². The predicted molar refractivity (Wildman–Crippen MR) is 100.0 cm³/mol. The van der Waals surface area contributed by atoms with E-state index in [0.717, 1.165) is 5.01 Å². The van der Waals surface area contributed by atoms with Crippen LogP contribution in [0.3, 0.4) is 0 Å². The summed E-state index contributed by atoms with van der Waals surface area (Å²) >= 11 is 1.47. The zero-order chi connectivity index (χ0) is 19.9. The van der Waals surface area contributed by atoms with E-state index in [1.54, 1.807) is 24.3 Å². The number of para-hydroxylation sites is 2. The number of hydrogen-bond donors (Lipinski definition) is 1. The minimum atomic E-state index is -0.445. The van der Waals surface area contributed by atoms with Gasteiger partial charge < -0.3 is 19.3 Å². The van der Waals surface area contributed by atoms with Crippen LogP contribution in [0.25, 0.3) is 0 Å². The third kappa shape index (κ3) is 5.36. The lowest BCUT2D eigenvalue weighted by Crippen LogP contribution is -2.15. The van der Waals surface area contributed by atoms with Gasteiger partial charge in [-0.25, -0.2) is 4.98 Å². The number of nitrogens with zero attached hydrogens (tertiary/aromatic N) is 3. The van der Waals surface area contributed by atoms with E-state index < -0.39 is 5.97 Å². The summed E-state index contributed by atoms with van der Waals surface area (Å²) in [7, 11) is 1.52. The summed E-state index contributed by atoms with van der Waals surface area (Å²) in [6, 6.07) is 7.05. The molecule has 0 bridgehead atoms. The Hall–Kier alpha value is -3.27. The Kier molecular flexibility index (Phi) is 6.33. The number of rotatable bonds is 8. The molecule has 0 aliphatic carbocycles. The molecule has 146 valence electrons. The van der Waals surface area contributed by atoms with Gasteiger partial charge in [-0.2, -0.15) is 4.98 Å². The van der Waals surface area contributed by atoms with Gasteiger partial charge in [0.1, 0.15) is 5.75 Å². The van der Waals surface area contributed by atoms with Gasteiger partial charge in [0, 0.05) is 5.38 Å². The van der Waals surface area contributed by atoms with Gasteiger partial charge in [0.05, 0.1) is 36.3 Å². The first-order valence-corrected chi connectivity index (χ1v) is 9.22. The third-order valence-corrected chi connectivity index (χ3v) is 4.38. The fourth-order valence-corrected chi connectivity index (χ4v) is 2.95. The van der Waals surface area contributed by atoms with E-state index in [9.17, 15) is 9.59 Å². The molecule has 0 unspecified atom stereocenters. The van der Waals surface area contributed by atoms with Crippen LogP contribution in [0.15, 0.2) is 34.2 Å². The predicted octanol–water partition coefficient (Wildman–Crippen LogP) is 2.31. The van der Waals surface area contributed by atoms with Crippen LogP contribution < -0.4 is 10.1 Å². The molecule has 9 nitrogen and oxygen atoms in total. The van der Waals surface area contributed by atoms with Crippen molar-refractivity contribution in [3.8, 4) is 5.75 Å². The first-order valence-electron chi connectivity index (χ1n) is 8.34. The Balaban J connectivity index is 1.48. The summed E-state index contributed by atoms with van der Waals surface area (Å²) in [5.74, 6) is 0.0788. The lowest BCUT2D eigenvalue weighted by molar-refractivity contribution is -0.145. The summed E-state index contributed by atoms with van der Waals surface area (Å²) in [6.07, 6.45) is -0.0136. The molecule has 28 heavy (non-hydrogen) atoms. The standard InChI is InChI=1S/C18H18N4O5S/c1-11-19-12(10-28-11)7-18(24)26-9-17-21-15(22-27-17)8-16(23)20-13-5-3-4-6-14(13)25-2/h3-6,10H,7-9H2,1-2H3,(H,20,23). The molecule has 1 N–H and O–H groups in total. The number of thiazole rings is 1. The van der Waals surface area contributed by atoms with E-state index in [-0.39, 0.29) is 37.1 Å². The second-order valence-corrected chi connectivity index (χ2v) is 6.79. The minimum absolute atomic E-state index is 0.0760. The normalized spacial score (nSPS) is 10.5. The molecule has 1 amide bonds. The van der Waals surface area contributed by atoms with Crippen molar-refractivity contribution in [1.82, 2.24) is 15.1 Å². The molecule has 10 heteroatoms. The van der Waals surface area contributed by atoms with Crippen molar-refractivity contribution >= 4 is 28.9 Å². The lowest BCUT2D eigenvalue weighted by atomic mass is 10.2. The first kappa shape index (κ1) is 19.5. The molecule has 2 heterocycles. The molecule has 1 aromatic carbocycles. The van der Waals surface area contributed by atoms with Crippen molar-refractivity contribution in [2.45, 2.75) is 26.4 Å². The lowest BCUT2D eigenvalue weighted by Gasteiger charge is -2.08. The van der Waals surface area contributed by atoms with Gasteiger partial charge in [-0.3, -0.25) is 9.59 Å². The van der Waals surface area contributed by atoms with E-state index in [0.29, 0.717) is 17.1 Å². The van der Waals surface area contributed by atoms with E-state index in [1.165, 1.54) is 18.4 Å². The summed E-state index contributed by atoms with van der Waals surface area (Å²) in [4.78, 5) is 32.2. The van der Waals surface area contributed by atoms with Crippen molar-refractivity contribution in [3.63, 3.8) is 0 Å². The highest BCUT2D eigenvalue weighted by Gasteiger charge is 2.15. The molecule has 0 spiro atoms. The number of carbonyl (C=O) groups excluding carboxylic acids is 2. The van der Waals surface area contributed by atoms with Gasteiger partial charge in [0.25, 0.3) is 5.89 Å². The summed E-state index contributed by atoms with van der Waals surface area (Å²) < 4.78 is 15.3. The van der Waals surface area contributed by atoms with Gasteiger partial charge >= 0.3 is 5.97 Å². The monoisotopic (exact) mass is 402 g/mol. The molecule has 2 aromatic heterocycles. The fourth-order valence-electron chi connectivity index (χ4n) is 2.34. The maximum atomic E-state index is 12.2. The Morgan fingerprint density at radius 3 is 2.79 bits per heavy atom. The number of carbonyl (C=O) groups is 2. The number of anilines is 1. The molecule has 0 saturated carbocycles. The highest BCUT2D eigenvalue weighted by Crippen LogP contribution is 2.23.